The van der Waals surface area contributed by atoms with Crippen LogP contribution in [0.1, 0.15) is 26.8 Å². The highest BCUT2D eigenvalue weighted by atomic mass is 32.2. The van der Waals surface area contributed by atoms with Crippen molar-refractivity contribution in [3.63, 3.8) is 0 Å². The number of pyridine rings is 1. The summed E-state index contributed by atoms with van der Waals surface area (Å²) < 4.78 is 1.62. The smallest absolute Gasteiger partial charge is 0.169 e. The lowest BCUT2D eigenvalue weighted by atomic mass is 9.87. The van der Waals surface area contributed by atoms with Crippen molar-refractivity contribution in [3.05, 3.63) is 81.6 Å². The maximum absolute atomic E-state index is 12.4. The highest BCUT2D eigenvalue weighted by Crippen LogP contribution is 2.45. The van der Waals surface area contributed by atoms with Gasteiger partial charge in [0.05, 0.1) is 27.3 Å². The van der Waals surface area contributed by atoms with Crippen molar-refractivity contribution >= 4 is 45.8 Å². The summed E-state index contributed by atoms with van der Waals surface area (Å²) in [6, 6.07) is 16.4. The summed E-state index contributed by atoms with van der Waals surface area (Å²) in [5, 5.41) is 23.5. The number of nitrogens with zero attached hydrogens (tertiary/aromatic N) is 5. The van der Waals surface area contributed by atoms with Crippen LogP contribution in [0, 0.1) is 13.8 Å². The number of thiazole rings is 1. The quantitative estimate of drug-likeness (QED) is 0.283. The number of aryl methyl sites for hydroxylation is 3. The summed E-state index contributed by atoms with van der Waals surface area (Å²) >= 11 is 4.83. The van der Waals surface area contributed by atoms with E-state index in [1.165, 1.54) is 11.3 Å². The fourth-order valence-corrected chi connectivity index (χ4v) is 7.06. The Labute approximate surface area is 216 Å². The molecule has 0 spiro atoms. The van der Waals surface area contributed by atoms with Gasteiger partial charge in [-0.2, -0.15) is 0 Å². The van der Waals surface area contributed by atoms with Gasteiger partial charge in [0.25, 0.3) is 0 Å². The van der Waals surface area contributed by atoms with E-state index in [1.54, 1.807) is 41.5 Å². The number of hydrogen-bond donors (Lipinski definition) is 1. The summed E-state index contributed by atoms with van der Waals surface area (Å²) in [5.41, 5.74) is 3.80. The largest absolute Gasteiger partial charge is 0.374 e. The molecule has 0 saturated heterocycles. The molecule has 0 aliphatic rings. The molecule has 5 aromatic rings. The first kappa shape index (κ1) is 24.0. The number of hydrogen-bond acceptors (Lipinski definition) is 8. The second-order valence-corrected chi connectivity index (χ2v) is 11.0. The van der Waals surface area contributed by atoms with Crippen LogP contribution in [0.25, 0.3) is 22.0 Å². The van der Waals surface area contributed by atoms with Crippen molar-refractivity contribution in [3.8, 4) is 11.1 Å². The van der Waals surface area contributed by atoms with Crippen LogP contribution < -0.4 is 0 Å². The zero-order chi connectivity index (χ0) is 24.7. The normalized spacial score (nSPS) is 13.3. The van der Waals surface area contributed by atoms with Gasteiger partial charge < -0.3 is 5.11 Å². The van der Waals surface area contributed by atoms with Crippen LogP contribution >= 0.6 is 34.9 Å². The molecule has 0 amide bonds. The Morgan fingerprint density at radius 2 is 1.77 bits per heavy atom. The molecule has 5 rings (SSSR count). The minimum Gasteiger partial charge on any atom is -0.374 e. The molecule has 0 saturated carbocycles. The van der Waals surface area contributed by atoms with Gasteiger partial charge in [-0.1, -0.05) is 41.6 Å². The van der Waals surface area contributed by atoms with Crippen LogP contribution in [-0.4, -0.2) is 42.6 Å². The number of thioether (sulfide) groups is 2. The number of aliphatic hydroxyl groups is 1. The van der Waals surface area contributed by atoms with Gasteiger partial charge >= 0.3 is 0 Å². The monoisotopic (exact) mass is 519 g/mol. The molecule has 1 unspecified atom stereocenters. The standard InChI is InChI=1S/C26H25N5OS3/c1-15-24(35-16(2)28-15)26(32,21-14-27-30-31(21)3)18-11-12-20-19(13-18)23(33-4)22(25(29-20)34-5)17-9-7-6-8-10-17/h6-14,32H,1-5H3. The van der Waals surface area contributed by atoms with Gasteiger partial charge in [-0.3, -0.25) is 0 Å². The first-order chi connectivity index (χ1) is 16.9. The van der Waals surface area contributed by atoms with Gasteiger partial charge in [-0.05, 0) is 49.6 Å². The molecular formula is C26H25N5OS3. The van der Waals surface area contributed by atoms with E-state index < -0.39 is 5.60 Å². The van der Waals surface area contributed by atoms with Gasteiger partial charge in [0.15, 0.2) is 5.60 Å². The lowest BCUT2D eigenvalue weighted by Crippen LogP contribution is -2.31. The molecule has 1 N–H and O–H groups in total. The van der Waals surface area contributed by atoms with E-state index in [1.807, 2.05) is 44.2 Å². The Morgan fingerprint density at radius 1 is 1.00 bits per heavy atom. The zero-order valence-corrected chi connectivity index (χ0v) is 22.6. The molecule has 9 heteroatoms. The second-order valence-electron chi connectivity index (χ2n) is 8.23. The van der Waals surface area contributed by atoms with Crippen molar-refractivity contribution in [2.75, 3.05) is 12.5 Å². The van der Waals surface area contributed by atoms with Gasteiger partial charge in [0.1, 0.15) is 10.7 Å². The van der Waals surface area contributed by atoms with Gasteiger partial charge in [0.2, 0.25) is 0 Å². The summed E-state index contributed by atoms with van der Waals surface area (Å²) in [5.74, 6) is 0. The van der Waals surface area contributed by atoms with Crippen LogP contribution in [0.2, 0.25) is 0 Å². The van der Waals surface area contributed by atoms with Gasteiger partial charge in [-0.25, -0.2) is 14.6 Å². The molecule has 3 heterocycles. The Hall–Kier alpha value is -2.72. The Balaban J connectivity index is 1.83. The van der Waals surface area contributed by atoms with E-state index >= 15 is 0 Å². The van der Waals surface area contributed by atoms with Crippen molar-refractivity contribution in [1.82, 2.24) is 25.0 Å². The number of fused-ring (bicyclic) bond motifs is 1. The van der Waals surface area contributed by atoms with Crippen molar-refractivity contribution < 1.29 is 5.11 Å². The average Bonchev–Trinajstić information content (AvgIpc) is 3.46. The topological polar surface area (TPSA) is 76.7 Å². The van der Waals surface area contributed by atoms with Crippen molar-refractivity contribution in [1.29, 1.82) is 0 Å². The lowest BCUT2D eigenvalue weighted by molar-refractivity contribution is 0.119. The summed E-state index contributed by atoms with van der Waals surface area (Å²) in [6.45, 7) is 3.89. The molecule has 0 fully saturated rings. The summed E-state index contributed by atoms with van der Waals surface area (Å²) in [6.07, 6.45) is 5.77. The number of rotatable bonds is 6. The summed E-state index contributed by atoms with van der Waals surface area (Å²) in [4.78, 5) is 11.5. The van der Waals surface area contributed by atoms with Crippen LogP contribution in [0.5, 0.6) is 0 Å². The highest BCUT2D eigenvalue weighted by Gasteiger charge is 2.40. The fraction of sp³-hybridized carbons (Fsp3) is 0.231. The number of benzene rings is 2. The molecule has 6 nitrogen and oxygen atoms in total. The lowest BCUT2D eigenvalue weighted by Gasteiger charge is -2.28. The van der Waals surface area contributed by atoms with Gasteiger partial charge in [0, 0.05) is 22.9 Å². The van der Waals surface area contributed by atoms with Crippen LogP contribution in [0.4, 0.5) is 0 Å². The number of aromatic nitrogens is 5. The Bertz CT molecular complexity index is 1530. The molecule has 2 aromatic carbocycles. The first-order valence-electron chi connectivity index (χ1n) is 11.0. The van der Waals surface area contributed by atoms with Gasteiger partial charge in [-0.15, -0.1) is 40.0 Å². The third-order valence-corrected chi connectivity index (χ3v) is 8.80. The van der Waals surface area contributed by atoms with E-state index in [0.29, 0.717) is 5.69 Å². The fourth-order valence-electron chi connectivity index (χ4n) is 4.54. The van der Waals surface area contributed by atoms with E-state index in [0.717, 1.165) is 53.1 Å². The predicted molar refractivity (Wildman–Crippen MR) is 145 cm³/mol. The maximum Gasteiger partial charge on any atom is 0.169 e. The molecule has 0 aliphatic heterocycles. The highest BCUT2D eigenvalue weighted by molar-refractivity contribution is 7.99. The molecule has 0 bridgehead atoms. The predicted octanol–water partition coefficient (Wildman–Crippen LogP) is 5.83. The Kier molecular flexibility index (Phi) is 6.43. The minimum atomic E-state index is -1.46. The molecule has 0 radical (unpaired) electrons. The molecular weight excluding hydrogens is 495 g/mol. The average molecular weight is 520 g/mol. The molecule has 35 heavy (non-hydrogen) atoms. The second kappa shape index (κ2) is 9.39. The van der Waals surface area contributed by atoms with E-state index in [-0.39, 0.29) is 0 Å². The molecule has 1 atom stereocenters. The maximum atomic E-state index is 12.4. The first-order valence-corrected chi connectivity index (χ1v) is 14.3. The zero-order valence-electron chi connectivity index (χ0n) is 20.1. The van der Waals surface area contributed by atoms with Crippen LogP contribution in [0.3, 0.4) is 0 Å². The summed E-state index contributed by atoms with van der Waals surface area (Å²) in [7, 11) is 1.80. The molecule has 3 aromatic heterocycles. The van der Waals surface area contributed by atoms with Crippen LogP contribution in [-0.2, 0) is 12.6 Å². The third-order valence-electron chi connectivity index (χ3n) is 6.10. The minimum absolute atomic E-state index is 0.589. The van der Waals surface area contributed by atoms with Crippen molar-refractivity contribution in [2.24, 2.45) is 7.05 Å². The van der Waals surface area contributed by atoms with E-state index in [4.69, 9.17) is 4.98 Å². The van der Waals surface area contributed by atoms with E-state index in [2.05, 4.69) is 46.0 Å². The molecule has 178 valence electrons. The Morgan fingerprint density at radius 3 is 2.37 bits per heavy atom. The third kappa shape index (κ3) is 3.96. The van der Waals surface area contributed by atoms with Crippen LogP contribution in [0.15, 0.2) is 64.6 Å². The SMILES string of the molecule is CSc1nc2ccc(C(O)(c3sc(C)nc3C)c3cnnn3C)cc2c(SC)c1-c1ccccc1. The van der Waals surface area contributed by atoms with Crippen molar-refractivity contribution in [2.45, 2.75) is 29.4 Å². The van der Waals surface area contributed by atoms with E-state index in [9.17, 15) is 5.11 Å². The molecule has 0 aliphatic carbocycles.